The maximum atomic E-state index is 12.5. The van der Waals surface area contributed by atoms with E-state index in [0.29, 0.717) is 10.4 Å². The highest BCUT2D eigenvalue weighted by Crippen LogP contribution is 2.35. The number of ketones is 1. The second-order valence-electron chi connectivity index (χ2n) is 5.52. The van der Waals surface area contributed by atoms with Gasteiger partial charge in [0.2, 0.25) is 0 Å². The summed E-state index contributed by atoms with van der Waals surface area (Å²) < 4.78 is 5.03. The van der Waals surface area contributed by atoms with Crippen LogP contribution in [0, 0.1) is 17.0 Å². The highest BCUT2D eigenvalue weighted by molar-refractivity contribution is 7.18. The normalized spacial score (nSPS) is 10.3. The van der Waals surface area contributed by atoms with Crippen LogP contribution in [0.15, 0.2) is 24.3 Å². The number of nitro groups is 1. The van der Waals surface area contributed by atoms with Crippen LogP contribution in [-0.2, 0) is 4.74 Å². The number of ether oxygens (including phenoxy) is 1. The summed E-state index contributed by atoms with van der Waals surface area (Å²) in [5, 5.41) is 13.6. The van der Waals surface area contributed by atoms with Crippen LogP contribution in [-0.4, -0.2) is 29.2 Å². The SMILES string of the molecule is CCOC(=O)c1c(NC(=O)c2cccc([N+](=O)[O-])c2)sc(C(=O)CC)c1C. The van der Waals surface area contributed by atoms with Gasteiger partial charge in [0.25, 0.3) is 11.6 Å². The van der Waals surface area contributed by atoms with Crippen LogP contribution in [0.25, 0.3) is 0 Å². The van der Waals surface area contributed by atoms with Crippen molar-refractivity contribution >= 4 is 39.7 Å². The molecule has 1 heterocycles. The molecule has 0 aliphatic rings. The number of rotatable bonds is 7. The van der Waals surface area contributed by atoms with Crippen molar-refractivity contribution in [2.75, 3.05) is 11.9 Å². The van der Waals surface area contributed by atoms with Gasteiger partial charge < -0.3 is 10.1 Å². The van der Waals surface area contributed by atoms with Crippen molar-refractivity contribution in [3.05, 3.63) is 55.9 Å². The topological polar surface area (TPSA) is 116 Å². The molecule has 2 rings (SSSR count). The molecule has 0 radical (unpaired) electrons. The number of non-ortho nitro benzene ring substituents is 1. The van der Waals surface area contributed by atoms with Gasteiger partial charge in [-0.1, -0.05) is 13.0 Å². The van der Waals surface area contributed by atoms with Gasteiger partial charge in [-0.15, -0.1) is 11.3 Å². The third-order valence-corrected chi connectivity index (χ3v) is 5.00. The molecule has 0 saturated carbocycles. The quantitative estimate of drug-likeness (QED) is 0.331. The van der Waals surface area contributed by atoms with Crippen LogP contribution in [0.3, 0.4) is 0 Å². The standard InChI is InChI=1S/C18H18N2O6S/c1-4-13(21)15-10(3)14(18(23)26-5-2)17(27-15)19-16(22)11-7-6-8-12(9-11)20(24)25/h6-9H,4-5H2,1-3H3,(H,19,22). The first-order chi connectivity index (χ1) is 12.8. The van der Waals surface area contributed by atoms with Crippen LogP contribution in [0.1, 0.15) is 56.2 Å². The Balaban J connectivity index is 2.43. The summed E-state index contributed by atoms with van der Waals surface area (Å²) >= 11 is 0.990. The molecule has 0 atom stereocenters. The van der Waals surface area contributed by atoms with E-state index in [1.54, 1.807) is 20.8 Å². The maximum absolute atomic E-state index is 12.5. The Morgan fingerprint density at radius 3 is 2.56 bits per heavy atom. The number of benzene rings is 1. The number of amides is 1. The van der Waals surface area contributed by atoms with Gasteiger partial charge in [-0.25, -0.2) is 4.79 Å². The molecule has 9 heteroatoms. The molecule has 1 amide bonds. The van der Waals surface area contributed by atoms with E-state index in [9.17, 15) is 24.5 Å². The molecule has 0 aliphatic carbocycles. The van der Waals surface area contributed by atoms with E-state index in [0.717, 1.165) is 17.4 Å². The van der Waals surface area contributed by atoms with E-state index < -0.39 is 16.8 Å². The second-order valence-corrected chi connectivity index (χ2v) is 6.54. The average Bonchev–Trinajstić information content (AvgIpc) is 2.97. The molecule has 0 unspecified atom stereocenters. The number of hydrogen-bond donors (Lipinski definition) is 1. The minimum Gasteiger partial charge on any atom is -0.462 e. The van der Waals surface area contributed by atoms with Gasteiger partial charge in [0.05, 0.1) is 22.0 Å². The van der Waals surface area contributed by atoms with Gasteiger partial charge in [-0.2, -0.15) is 0 Å². The maximum Gasteiger partial charge on any atom is 0.341 e. The number of hydrogen-bond acceptors (Lipinski definition) is 7. The zero-order valence-electron chi connectivity index (χ0n) is 15.0. The van der Waals surface area contributed by atoms with Gasteiger partial charge in [-0.05, 0) is 25.5 Å². The summed E-state index contributed by atoms with van der Waals surface area (Å²) in [6.45, 7) is 5.12. The Morgan fingerprint density at radius 1 is 1.26 bits per heavy atom. The fourth-order valence-corrected chi connectivity index (χ4v) is 3.61. The molecule has 0 bridgehead atoms. The van der Waals surface area contributed by atoms with Crippen molar-refractivity contribution in [1.29, 1.82) is 0 Å². The lowest BCUT2D eigenvalue weighted by atomic mass is 10.1. The summed E-state index contributed by atoms with van der Waals surface area (Å²) in [4.78, 5) is 47.6. The average molecular weight is 390 g/mol. The summed E-state index contributed by atoms with van der Waals surface area (Å²) in [5.74, 6) is -1.42. The number of thiophene rings is 1. The van der Waals surface area contributed by atoms with Gasteiger partial charge in [0, 0.05) is 24.1 Å². The van der Waals surface area contributed by atoms with Crippen LogP contribution >= 0.6 is 11.3 Å². The Bertz CT molecular complexity index is 919. The van der Waals surface area contributed by atoms with Crippen molar-refractivity contribution in [3.8, 4) is 0 Å². The Morgan fingerprint density at radius 2 is 1.96 bits per heavy atom. The van der Waals surface area contributed by atoms with Gasteiger partial charge in [0.1, 0.15) is 5.00 Å². The first kappa shape index (κ1) is 20.2. The number of nitrogens with one attached hydrogen (secondary N) is 1. The lowest BCUT2D eigenvalue weighted by molar-refractivity contribution is -0.384. The predicted molar refractivity (Wildman–Crippen MR) is 101 cm³/mol. The number of esters is 1. The second kappa shape index (κ2) is 8.54. The first-order valence-corrected chi connectivity index (χ1v) is 9.01. The molecule has 1 N–H and O–H groups in total. The van der Waals surface area contributed by atoms with Crippen LogP contribution in [0.4, 0.5) is 10.7 Å². The van der Waals surface area contributed by atoms with E-state index >= 15 is 0 Å². The predicted octanol–water partition coefficient (Wildman–Crippen LogP) is 3.99. The number of carbonyl (C=O) groups is 3. The monoisotopic (exact) mass is 390 g/mol. The molecule has 0 aliphatic heterocycles. The molecule has 8 nitrogen and oxygen atoms in total. The third kappa shape index (κ3) is 4.37. The van der Waals surface area contributed by atoms with E-state index in [2.05, 4.69) is 5.32 Å². The minimum absolute atomic E-state index is 0.0634. The zero-order chi connectivity index (χ0) is 20.1. The zero-order valence-corrected chi connectivity index (χ0v) is 15.8. The van der Waals surface area contributed by atoms with Gasteiger partial charge in [-0.3, -0.25) is 19.7 Å². The molecule has 2 aromatic rings. The molecular weight excluding hydrogens is 372 g/mol. The number of nitrogens with zero attached hydrogens (tertiary/aromatic N) is 1. The van der Waals surface area contributed by atoms with Gasteiger partial charge in [0.15, 0.2) is 5.78 Å². The van der Waals surface area contributed by atoms with Crippen molar-refractivity contribution in [1.82, 2.24) is 0 Å². The van der Waals surface area contributed by atoms with E-state index in [4.69, 9.17) is 4.74 Å². The highest BCUT2D eigenvalue weighted by Gasteiger charge is 2.26. The number of anilines is 1. The van der Waals surface area contributed by atoms with Crippen LogP contribution < -0.4 is 5.32 Å². The fourth-order valence-electron chi connectivity index (χ4n) is 2.41. The van der Waals surface area contributed by atoms with Crippen LogP contribution in [0.5, 0.6) is 0 Å². The lowest BCUT2D eigenvalue weighted by Crippen LogP contribution is -2.15. The lowest BCUT2D eigenvalue weighted by Gasteiger charge is -2.07. The molecule has 0 saturated heterocycles. The molecule has 1 aromatic carbocycles. The Hall–Kier alpha value is -3.07. The Labute approximate surface area is 159 Å². The highest BCUT2D eigenvalue weighted by atomic mass is 32.1. The van der Waals surface area contributed by atoms with Crippen molar-refractivity contribution in [2.45, 2.75) is 27.2 Å². The largest absolute Gasteiger partial charge is 0.462 e. The third-order valence-electron chi connectivity index (χ3n) is 3.75. The van der Waals surface area contributed by atoms with E-state index in [1.807, 2.05) is 0 Å². The summed E-state index contributed by atoms with van der Waals surface area (Å²) in [7, 11) is 0. The van der Waals surface area contributed by atoms with Crippen LogP contribution in [0.2, 0.25) is 0 Å². The molecular formula is C18H18N2O6S. The summed E-state index contributed by atoms with van der Waals surface area (Å²) in [5.41, 5.74) is 0.406. The van der Waals surface area contributed by atoms with E-state index in [-0.39, 0.29) is 40.6 Å². The molecule has 1 aromatic heterocycles. The smallest absolute Gasteiger partial charge is 0.341 e. The molecule has 142 valence electrons. The molecule has 0 spiro atoms. The van der Waals surface area contributed by atoms with Crippen molar-refractivity contribution < 1.29 is 24.0 Å². The minimum atomic E-state index is -0.643. The Kier molecular flexibility index (Phi) is 6.40. The first-order valence-electron chi connectivity index (χ1n) is 8.19. The summed E-state index contributed by atoms with van der Waals surface area (Å²) in [6.07, 6.45) is 0.252. The van der Waals surface area contributed by atoms with E-state index in [1.165, 1.54) is 18.2 Å². The fraction of sp³-hybridized carbons (Fsp3) is 0.278. The van der Waals surface area contributed by atoms with Crippen molar-refractivity contribution in [3.63, 3.8) is 0 Å². The van der Waals surface area contributed by atoms with Crippen molar-refractivity contribution in [2.24, 2.45) is 0 Å². The molecule has 27 heavy (non-hydrogen) atoms. The number of nitro benzene ring substituents is 1. The number of carbonyl (C=O) groups excluding carboxylic acids is 3. The summed E-state index contributed by atoms with van der Waals surface area (Å²) in [6, 6.07) is 5.22. The molecule has 0 fully saturated rings. The van der Waals surface area contributed by atoms with Gasteiger partial charge >= 0.3 is 5.97 Å². The number of Topliss-reactive ketones (excluding diaryl/α,β-unsaturated/α-hetero) is 1.